The fourth-order valence-electron chi connectivity index (χ4n) is 1.31. The minimum Gasteiger partial charge on any atom is -0.467 e. The van der Waals surface area contributed by atoms with Crippen LogP contribution in [0.1, 0.15) is 33.6 Å². The molecule has 0 aromatic carbocycles. The van der Waals surface area contributed by atoms with Gasteiger partial charge >= 0.3 is 5.97 Å². The highest BCUT2D eigenvalue weighted by atomic mass is 16.5. The third kappa shape index (κ3) is 2.72. The highest BCUT2D eigenvalue weighted by molar-refractivity contribution is 5.88. The molecule has 0 radical (unpaired) electrons. The second-order valence-corrected chi connectivity index (χ2v) is 2.78. The summed E-state index contributed by atoms with van der Waals surface area (Å²) < 4.78 is 4.58. The van der Waals surface area contributed by atoms with Crippen LogP contribution in [0.25, 0.3) is 0 Å². The lowest BCUT2D eigenvalue weighted by atomic mass is 10.1. The van der Waals surface area contributed by atoms with Gasteiger partial charge < -0.3 is 9.64 Å². The van der Waals surface area contributed by atoms with Crippen LogP contribution in [-0.2, 0) is 14.3 Å². The summed E-state index contributed by atoms with van der Waals surface area (Å²) >= 11 is 0. The number of likely N-dealkylation sites (tertiary alicyclic amines) is 1. The monoisotopic (exact) mass is 201 g/mol. The topological polar surface area (TPSA) is 46.6 Å². The van der Waals surface area contributed by atoms with E-state index in [1.54, 1.807) is 4.90 Å². The number of ether oxygens (including phenoxy) is 1. The van der Waals surface area contributed by atoms with Crippen molar-refractivity contribution < 1.29 is 14.3 Å². The van der Waals surface area contributed by atoms with E-state index in [4.69, 9.17) is 0 Å². The maximum Gasteiger partial charge on any atom is 0.328 e. The van der Waals surface area contributed by atoms with E-state index in [0.717, 1.165) is 0 Å². The van der Waals surface area contributed by atoms with Crippen molar-refractivity contribution >= 4 is 11.9 Å². The van der Waals surface area contributed by atoms with Crippen LogP contribution in [0.5, 0.6) is 0 Å². The van der Waals surface area contributed by atoms with Gasteiger partial charge in [0.25, 0.3) is 0 Å². The molecule has 82 valence electrons. The number of β-lactam (4-membered cyclic amide) rings is 1. The molecule has 1 aliphatic heterocycles. The molecular weight excluding hydrogens is 182 g/mol. The molecule has 1 atom stereocenters. The smallest absolute Gasteiger partial charge is 0.328 e. The molecule has 0 aliphatic carbocycles. The Kier molecular flexibility index (Phi) is 5.92. The third-order valence-corrected chi connectivity index (χ3v) is 2.12. The van der Waals surface area contributed by atoms with Gasteiger partial charge in [0.15, 0.2) is 0 Å². The predicted molar refractivity (Wildman–Crippen MR) is 53.8 cm³/mol. The number of carbonyl (C=O) groups excluding carboxylic acids is 2. The molecule has 1 fully saturated rings. The molecule has 0 spiro atoms. The highest BCUT2D eigenvalue weighted by Gasteiger charge is 2.34. The van der Waals surface area contributed by atoms with E-state index >= 15 is 0 Å². The second kappa shape index (κ2) is 6.40. The Morgan fingerprint density at radius 3 is 2.36 bits per heavy atom. The first-order chi connectivity index (χ1) is 6.70. The fraction of sp³-hybridized carbons (Fsp3) is 0.800. The Balaban J connectivity index is 0.000000791. The van der Waals surface area contributed by atoms with Crippen LogP contribution in [0.2, 0.25) is 0 Å². The van der Waals surface area contributed by atoms with Crippen LogP contribution in [0, 0.1) is 0 Å². The molecule has 0 saturated carbocycles. The molecule has 0 aromatic heterocycles. The summed E-state index contributed by atoms with van der Waals surface area (Å²) in [5.74, 6) is -0.266. The van der Waals surface area contributed by atoms with Crippen molar-refractivity contribution in [2.75, 3.05) is 13.7 Å². The summed E-state index contributed by atoms with van der Waals surface area (Å²) in [5, 5.41) is 0. The molecule has 14 heavy (non-hydrogen) atoms. The first-order valence-electron chi connectivity index (χ1n) is 5.08. The van der Waals surface area contributed by atoms with Gasteiger partial charge in [-0.15, -0.1) is 0 Å². The zero-order valence-electron chi connectivity index (χ0n) is 9.37. The molecule has 0 bridgehead atoms. The van der Waals surface area contributed by atoms with Crippen molar-refractivity contribution in [2.24, 2.45) is 0 Å². The van der Waals surface area contributed by atoms with E-state index in [1.165, 1.54) is 7.11 Å². The van der Waals surface area contributed by atoms with Crippen LogP contribution >= 0.6 is 0 Å². The maximum atomic E-state index is 11.1. The predicted octanol–water partition coefficient (Wildman–Crippen LogP) is 1.20. The van der Waals surface area contributed by atoms with E-state index in [9.17, 15) is 9.59 Å². The summed E-state index contributed by atoms with van der Waals surface area (Å²) in [4.78, 5) is 23.6. The average molecular weight is 201 g/mol. The molecule has 1 saturated heterocycles. The lowest BCUT2D eigenvalue weighted by molar-refractivity contribution is -0.158. The number of hydrogen-bond donors (Lipinski definition) is 0. The van der Waals surface area contributed by atoms with E-state index in [2.05, 4.69) is 4.74 Å². The van der Waals surface area contributed by atoms with Crippen LogP contribution in [0.15, 0.2) is 0 Å². The minimum absolute atomic E-state index is 0.0484. The maximum absolute atomic E-state index is 11.1. The summed E-state index contributed by atoms with van der Waals surface area (Å²) in [6, 6.07) is -0.365. The number of methoxy groups -OCH3 is 1. The molecule has 1 rings (SSSR count). The Labute approximate surface area is 85.2 Å². The highest BCUT2D eigenvalue weighted by Crippen LogP contribution is 2.16. The molecule has 0 N–H and O–H groups in total. The standard InChI is InChI=1S/C8H13NO3.C2H6/c1-3-6(8(11)12-2)9-5-4-7(9)10;1-2/h6H,3-5H2,1-2H3;1-2H3. The first-order valence-corrected chi connectivity index (χ1v) is 5.08. The molecule has 1 heterocycles. The SMILES string of the molecule is CC.CCC(C(=O)OC)N1CCC1=O. The Hall–Kier alpha value is -1.06. The Bertz CT molecular complexity index is 204. The summed E-state index contributed by atoms with van der Waals surface area (Å²) in [5.41, 5.74) is 0. The van der Waals surface area contributed by atoms with Crippen LogP contribution in [0.3, 0.4) is 0 Å². The van der Waals surface area contributed by atoms with Crippen molar-refractivity contribution in [3.8, 4) is 0 Å². The van der Waals surface area contributed by atoms with E-state index in [-0.39, 0.29) is 17.9 Å². The molecular formula is C10H19NO3. The van der Waals surface area contributed by atoms with Gasteiger partial charge in [0.05, 0.1) is 7.11 Å². The van der Waals surface area contributed by atoms with Gasteiger partial charge in [-0.3, -0.25) is 4.79 Å². The number of hydrogen-bond acceptors (Lipinski definition) is 3. The summed E-state index contributed by atoms with van der Waals surface area (Å²) in [7, 11) is 1.34. The van der Waals surface area contributed by atoms with Crippen LogP contribution in [-0.4, -0.2) is 36.5 Å². The van der Waals surface area contributed by atoms with Crippen molar-refractivity contribution in [1.82, 2.24) is 4.90 Å². The molecule has 4 nitrogen and oxygen atoms in total. The average Bonchev–Trinajstić information content (AvgIpc) is 2.25. The quantitative estimate of drug-likeness (QED) is 0.509. The largest absolute Gasteiger partial charge is 0.467 e. The second-order valence-electron chi connectivity index (χ2n) is 2.78. The van der Waals surface area contributed by atoms with Gasteiger partial charge in [0, 0.05) is 13.0 Å². The summed E-state index contributed by atoms with van der Waals surface area (Å²) in [6.45, 7) is 6.56. The van der Waals surface area contributed by atoms with Gasteiger partial charge in [-0.25, -0.2) is 4.79 Å². The third-order valence-electron chi connectivity index (χ3n) is 2.12. The molecule has 4 heteroatoms. The number of nitrogens with zero attached hydrogens (tertiary/aromatic N) is 1. The van der Waals surface area contributed by atoms with Gasteiger partial charge in [-0.05, 0) is 6.42 Å². The minimum atomic E-state index is -0.365. The van der Waals surface area contributed by atoms with Gasteiger partial charge in [-0.1, -0.05) is 20.8 Å². The van der Waals surface area contributed by atoms with E-state index in [1.807, 2.05) is 20.8 Å². The lowest BCUT2D eigenvalue weighted by Crippen LogP contribution is -2.53. The molecule has 1 amide bonds. The lowest BCUT2D eigenvalue weighted by Gasteiger charge is -2.35. The van der Waals surface area contributed by atoms with E-state index < -0.39 is 0 Å². The number of amides is 1. The number of carbonyl (C=O) groups is 2. The van der Waals surface area contributed by atoms with Gasteiger partial charge in [-0.2, -0.15) is 0 Å². The van der Waals surface area contributed by atoms with Crippen molar-refractivity contribution in [1.29, 1.82) is 0 Å². The van der Waals surface area contributed by atoms with Crippen molar-refractivity contribution in [3.63, 3.8) is 0 Å². The number of rotatable bonds is 3. The molecule has 1 unspecified atom stereocenters. The van der Waals surface area contributed by atoms with Crippen molar-refractivity contribution in [3.05, 3.63) is 0 Å². The first kappa shape index (κ1) is 12.9. The van der Waals surface area contributed by atoms with Crippen LogP contribution in [0.4, 0.5) is 0 Å². The zero-order valence-corrected chi connectivity index (χ0v) is 9.37. The van der Waals surface area contributed by atoms with Crippen molar-refractivity contribution in [2.45, 2.75) is 39.7 Å². The van der Waals surface area contributed by atoms with E-state index in [0.29, 0.717) is 19.4 Å². The number of esters is 1. The zero-order chi connectivity index (χ0) is 11.1. The molecule has 1 aliphatic rings. The Morgan fingerprint density at radius 1 is 1.57 bits per heavy atom. The van der Waals surface area contributed by atoms with Gasteiger partial charge in [0.2, 0.25) is 5.91 Å². The normalized spacial score (nSPS) is 16.3. The summed E-state index contributed by atoms with van der Waals surface area (Å²) in [6.07, 6.45) is 1.19. The fourth-order valence-corrected chi connectivity index (χ4v) is 1.31. The van der Waals surface area contributed by atoms with Crippen LogP contribution < -0.4 is 0 Å². The Morgan fingerprint density at radius 2 is 2.14 bits per heavy atom. The molecule has 0 aromatic rings. The van der Waals surface area contributed by atoms with Gasteiger partial charge in [0.1, 0.15) is 6.04 Å².